The zero-order valence-corrected chi connectivity index (χ0v) is 10.7. The minimum Gasteiger partial charge on any atom is -0.337 e. The van der Waals surface area contributed by atoms with Crippen LogP contribution in [0.3, 0.4) is 0 Å². The Bertz CT molecular complexity index is 267. The molecule has 16 heavy (non-hydrogen) atoms. The molecule has 0 spiro atoms. The van der Waals surface area contributed by atoms with E-state index in [4.69, 9.17) is 0 Å². The van der Waals surface area contributed by atoms with E-state index in [-0.39, 0.29) is 5.92 Å². The van der Waals surface area contributed by atoms with Gasteiger partial charge in [0.05, 0.1) is 5.92 Å². The summed E-state index contributed by atoms with van der Waals surface area (Å²) in [4.78, 5) is 14.7. The molecule has 2 rings (SSSR count). The number of carbonyl (C=O) groups excluding carboxylic acids is 1. The van der Waals surface area contributed by atoms with Gasteiger partial charge in [0.25, 0.3) is 0 Å². The van der Waals surface area contributed by atoms with E-state index >= 15 is 0 Å². The van der Waals surface area contributed by atoms with Crippen LogP contribution >= 0.6 is 0 Å². The lowest BCUT2D eigenvalue weighted by Crippen LogP contribution is -2.44. The monoisotopic (exact) mass is 224 g/mol. The van der Waals surface area contributed by atoms with Crippen molar-refractivity contribution in [2.75, 3.05) is 13.1 Å². The molecule has 2 aliphatic heterocycles. The van der Waals surface area contributed by atoms with Crippen molar-refractivity contribution in [3.8, 4) is 0 Å². The Morgan fingerprint density at radius 3 is 2.62 bits per heavy atom. The van der Waals surface area contributed by atoms with Crippen molar-refractivity contribution in [1.29, 1.82) is 0 Å². The first kappa shape index (κ1) is 11.9. The second-order valence-corrected chi connectivity index (χ2v) is 5.48. The minimum absolute atomic E-state index is 0.217. The van der Waals surface area contributed by atoms with Crippen LogP contribution in [0, 0.1) is 11.8 Å². The molecule has 0 aromatic rings. The molecule has 0 aromatic heterocycles. The third-order valence-corrected chi connectivity index (χ3v) is 4.35. The van der Waals surface area contributed by atoms with Crippen molar-refractivity contribution in [2.45, 2.75) is 52.1 Å². The van der Waals surface area contributed by atoms with E-state index in [0.29, 0.717) is 23.9 Å². The highest BCUT2D eigenvalue weighted by Crippen LogP contribution is 2.30. The topological polar surface area (TPSA) is 32.3 Å². The van der Waals surface area contributed by atoms with Crippen LogP contribution in [0.2, 0.25) is 0 Å². The van der Waals surface area contributed by atoms with Crippen LogP contribution in [-0.2, 0) is 4.79 Å². The van der Waals surface area contributed by atoms with Crippen molar-refractivity contribution < 1.29 is 4.79 Å². The van der Waals surface area contributed by atoms with E-state index in [9.17, 15) is 4.79 Å². The number of amides is 1. The Balaban J connectivity index is 2.07. The lowest BCUT2D eigenvalue weighted by atomic mass is 9.96. The quantitative estimate of drug-likeness (QED) is 0.773. The summed E-state index contributed by atoms with van der Waals surface area (Å²) in [7, 11) is 0. The third kappa shape index (κ3) is 1.97. The van der Waals surface area contributed by atoms with E-state index in [0.717, 1.165) is 19.5 Å². The molecule has 2 unspecified atom stereocenters. The van der Waals surface area contributed by atoms with Gasteiger partial charge in [-0.05, 0) is 38.6 Å². The van der Waals surface area contributed by atoms with Gasteiger partial charge in [0.2, 0.25) is 5.91 Å². The van der Waals surface area contributed by atoms with Crippen molar-refractivity contribution in [3.05, 3.63) is 0 Å². The fourth-order valence-electron chi connectivity index (χ4n) is 3.20. The number of hydrogen-bond donors (Lipinski definition) is 1. The maximum Gasteiger partial charge on any atom is 0.227 e. The Morgan fingerprint density at radius 2 is 2.06 bits per heavy atom. The SMILES string of the molecule is CCC1CCC(C)N1C(=O)[C@@H]1CNC[C@H]1C. The molecule has 2 saturated heterocycles. The first-order chi connectivity index (χ1) is 7.65. The van der Waals surface area contributed by atoms with Gasteiger partial charge < -0.3 is 10.2 Å². The first-order valence-electron chi connectivity index (χ1n) is 6.68. The normalized spacial score (nSPS) is 39.3. The van der Waals surface area contributed by atoms with Crippen molar-refractivity contribution in [2.24, 2.45) is 11.8 Å². The lowest BCUT2D eigenvalue weighted by molar-refractivity contribution is -0.138. The molecule has 2 fully saturated rings. The van der Waals surface area contributed by atoms with Gasteiger partial charge in [0.15, 0.2) is 0 Å². The molecular formula is C13H24N2O. The molecule has 0 radical (unpaired) electrons. The predicted octanol–water partition coefficient (Wildman–Crippen LogP) is 1.63. The molecule has 2 heterocycles. The molecule has 2 aliphatic rings. The average Bonchev–Trinajstić information content (AvgIpc) is 2.83. The maximum absolute atomic E-state index is 12.5. The van der Waals surface area contributed by atoms with Crippen molar-refractivity contribution in [1.82, 2.24) is 10.2 Å². The predicted molar refractivity (Wildman–Crippen MR) is 65.1 cm³/mol. The molecule has 1 amide bonds. The zero-order chi connectivity index (χ0) is 11.7. The van der Waals surface area contributed by atoms with E-state index in [1.54, 1.807) is 0 Å². The van der Waals surface area contributed by atoms with E-state index in [2.05, 4.69) is 31.0 Å². The van der Waals surface area contributed by atoms with Gasteiger partial charge in [-0.3, -0.25) is 4.79 Å². The van der Waals surface area contributed by atoms with Crippen molar-refractivity contribution >= 4 is 5.91 Å². The highest BCUT2D eigenvalue weighted by Gasteiger charge is 2.39. The van der Waals surface area contributed by atoms with E-state index in [1.165, 1.54) is 12.8 Å². The van der Waals surface area contributed by atoms with Gasteiger partial charge in [0, 0.05) is 18.6 Å². The van der Waals surface area contributed by atoms with Gasteiger partial charge in [-0.1, -0.05) is 13.8 Å². The van der Waals surface area contributed by atoms with Crippen LogP contribution in [-0.4, -0.2) is 36.0 Å². The van der Waals surface area contributed by atoms with Crippen molar-refractivity contribution in [3.63, 3.8) is 0 Å². The summed E-state index contributed by atoms with van der Waals surface area (Å²) >= 11 is 0. The molecular weight excluding hydrogens is 200 g/mol. The number of hydrogen-bond acceptors (Lipinski definition) is 2. The van der Waals surface area contributed by atoms with E-state index < -0.39 is 0 Å². The third-order valence-electron chi connectivity index (χ3n) is 4.35. The number of nitrogens with zero attached hydrogens (tertiary/aromatic N) is 1. The van der Waals surface area contributed by atoms with Gasteiger partial charge in [-0.25, -0.2) is 0 Å². The Labute approximate surface area is 98.6 Å². The van der Waals surface area contributed by atoms with Gasteiger partial charge in [-0.2, -0.15) is 0 Å². The molecule has 0 bridgehead atoms. The largest absolute Gasteiger partial charge is 0.337 e. The standard InChI is InChI=1S/C13H24N2O/c1-4-11-6-5-10(3)15(11)13(16)12-8-14-7-9(12)2/h9-12,14H,4-8H2,1-3H3/t9-,10?,11?,12-/m1/s1. The van der Waals surface area contributed by atoms with Crippen LogP contribution in [0.4, 0.5) is 0 Å². The summed E-state index contributed by atoms with van der Waals surface area (Å²) in [6, 6.07) is 0.945. The molecule has 0 aliphatic carbocycles. The van der Waals surface area contributed by atoms with Gasteiger partial charge in [0.1, 0.15) is 0 Å². The van der Waals surface area contributed by atoms with Crippen LogP contribution in [0.5, 0.6) is 0 Å². The first-order valence-corrected chi connectivity index (χ1v) is 6.68. The molecule has 3 heteroatoms. The summed E-state index contributed by atoms with van der Waals surface area (Å²) in [5.74, 6) is 1.11. The minimum atomic E-state index is 0.217. The van der Waals surface area contributed by atoms with E-state index in [1.807, 2.05) is 0 Å². The Kier molecular flexibility index (Phi) is 3.53. The number of carbonyl (C=O) groups is 1. The summed E-state index contributed by atoms with van der Waals surface area (Å²) in [5, 5.41) is 3.33. The summed E-state index contributed by atoms with van der Waals surface area (Å²) in [6.45, 7) is 8.44. The number of rotatable bonds is 2. The van der Waals surface area contributed by atoms with Gasteiger partial charge >= 0.3 is 0 Å². The highest BCUT2D eigenvalue weighted by atomic mass is 16.2. The van der Waals surface area contributed by atoms with Gasteiger partial charge in [-0.15, -0.1) is 0 Å². The highest BCUT2D eigenvalue weighted by molar-refractivity contribution is 5.80. The Morgan fingerprint density at radius 1 is 1.31 bits per heavy atom. The number of likely N-dealkylation sites (tertiary alicyclic amines) is 1. The maximum atomic E-state index is 12.5. The molecule has 92 valence electrons. The Hall–Kier alpha value is -0.570. The van der Waals surface area contributed by atoms with Crippen LogP contribution in [0.1, 0.15) is 40.0 Å². The summed E-state index contributed by atoms with van der Waals surface area (Å²) < 4.78 is 0. The molecule has 1 N–H and O–H groups in total. The summed E-state index contributed by atoms with van der Waals surface area (Å²) in [6.07, 6.45) is 3.47. The molecule has 0 aromatic carbocycles. The second-order valence-electron chi connectivity index (χ2n) is 5.48. The lowest BCUT2D eigenvalue weighted by Gasteiger charge is -2.31. The molecule has 3 nitrogen and oxygen atoms in total. The molecule has 4 atom stereocenters. The second kappa shape index (κ2) is 4.74. The van der Waals surface area contributed by atoms with Crippen LogP contribution < -0.4 is 5.32 Å². The molecule has 0 saturated carbocycles. The fraction of sp³-hybridized carbons (Fsp3) is 0.923. The fourth-order valence-corrected chi connectivity index (χ4v) is 3.20. The summed E-state index contributed by atoms with van der Waals surface area (Å²) in [5.41, 5.74) is 0. The number of nitrogens with one attached hydrogen (secondary N) is 1. The zero-order valence-electron chi connectivity index (χ0n) is 10.7. The van der Waals surface area contributed by atoms with Crippen LogP contribution in [0.15, 0.2) is 0 Å². The smallest absolute Gasteiger partial charge is 0.227 e. The van der Waals surface area contributed by atoms with Crippen LogP contribution in [0.25, 0.3) is 0 Å². The average molecular weight is 224 g/mol.